The van der Waals surface area contributed by atoms with E-state index in [2.05, 4.69) is 25.1 Å². The summed E-state index contributed by atoms with van der Waals surface area (Å²) >= 11 is 0. The third-order valence-corrected chi connectivity index (χ3v) is 5.22. The van der Waals surface area contributed by atoms with Crippen LogP contribution in [-0.2, 0) is 5.41 Å². The van der Waals surface area contributed by atoms with E-state index in [1.54, 1.807) is 7.11 Å². The van der Waals surface area contributed by atoms with Crippen molar-refractivity contribution in [2.24, 2.45) is 11.8 Å². The van der Waals surface area contributed by atoms with Crippen LogP contribution in [0.3, 0.4) is 0 Å². The molecule has 0 bridgehead atoms. The van der Waals surface area contributed by atoms with Gasteiger partial charge < -0.3 is 9.84 Å². The van der Waals surface area contributed by atoms with Gasteiger partial charge in [-0.25, -0.2) is 0 Å². The number of aliphatic hydroxyl groups is 1. The fourth-order valence-electron chi connectivity index (χ4n) is 4.14. The number of benzene rings is 1. The summed E-state index contributed by atoms with van der Waals surface area (Å²) in [6.07, 6.45) is 5.00. The van der Waals surface area contributed by atoms with Crippen LogP contribution in [0.5, 0.6) is 5.75 Å². The van der Waals surface area contributed by atoms with Crippen molar-refractivity contribution in [3.05, 3.63) is 29.3 Å². The van der Waals surface area contributed by atoms with E-state index in [1.807, 2.05) is 0 Å². The van der Waals surface area contributed by atoms with Gasteiger partial charge in [0.25, 0.3) is 0 Å². The fraction of sp³-hybridized carbons (Fsp3) is 0.625. The van der Waals surface area contributed by atoms with Gasteiger partial charge in [0, 0.05) is 6.61 Å². The van der Waals surface area contributed by atoms with Gasteiger partial charge in [0.2, 0.25) is 0 Å². The number of rotatable bonds is 3. The van der Waals surface area contributed by atoms with Crippen LogP contribution in [0.4, 0.5) is 0 Å². The van der Waals surface area contributed by atoms with Crippen molar-refractivity contribution in [1.82, 2.24) is 0 Å². The van der Waals surface area contributed by atoms with Crippen molar-refractivity contribution in [2.45, 2.75) is 38.0 Å². The van der Waals surface area contributed by atoms with Crippen molar-refractivity contribution >= 4 is 0 Å². The van der Waals surface area contributed by atoms with Crippen LogP contribution in [0.2, 0.25) is 0 Å². The van der Waals surface area contributed by atoms with E-state index in [0.717, 1.165) is 11.7 Å². The number of ether oxygens (including phenoxy) is 1. The Labute approximate surface area is 109 Å². The molecule has 2 aliphatic rings. The van der Waals surface area contributed by atoms with Gasteiger partial charge in [0.1, 0.15) is 5.75 Å². The van der Waals surface area contributed by atoms with E-state index in [9.17, 15) is 5.11 Å². The molecule has 0 saturated heterocycles. The number of hydrogen-bond donors (Lipinski definition) is 1. The highest BCUT2D eigenvalue weighted by Gasteiger charge is 2.53. The van der Waals surface area contributed by atoms with Crippen molar-refractivity contribution in [2.75, 3.05) is 13.7 Å². The van der Waals surface area contributed by atoms with E-state index >= 15 is 0 Å². The van der Waals surface area contributed by atoms with E-state index in [-0.39, 0.29) is 0 Å². The molecule has 0 aliphatic heterocycles. The molecule has 1 N–H and O–H groups in total. The topological polar surface area (TPSA) is 29.5 Å². The fourth-order valence-corrected chi connectivity index (χ4v) is 4.14. The van der Waals surface area contributed by atoms with Gasteiger partial charge in [-0.15, -0.1) is 0 Å². The molecule has 2 heteroatoms. The summed E-state index contributed by atoms with van der Waals surface area (Å²) in [5.74, 6) is 2.28. The smallest absolute Gasteiger partial charge is 0.121 e. The summed E-state index contributed by atoms with van der Waals surface area (Å²) in [6.45, 7) is 2.47. The number of methoxy groups -OCH3 is 1. The van der Waals surface area contributed by atoms with E-state index < -0.39 is 0 Å². The summed E-state index contributed by atoms with van der Waals surface area (Å²) < 4.78 is 5.34. The second kappa shape index (κ2) is 4.27. The maximum Gasteiger partial charge on any atom is 0.121 e. The molecule has 1 aromatic rings. The average Bonchev–Trinajstić information content (AvgIpc) is 2.62. The first-order chi connectivity index (χ1) is 8.69. The zero-order chi connectivity index (χ0) is 12.8. The van der Waals surface area contributed by atoms with Gasteiger partial charge in [0.15, 0.2) is 0 Å². The Bertz CT molecular complexity index is 454. The Kier molecular flexibility index (Phi) is 2.86. The van der Waals surface area contributed by atoms with E-state index in [1.165, 1.54) is 36.8 Å². The lowest BCUT2D eigenvalue weighted by atomic mass is 9.58. The Morgan fingerprint density at radius 2 is 2.28 bits per heavy atom. The predicted molar refractivity (Wildman–Crippen MR) is 71.9 cm³/mol. The summed E-state index contributed by atoms with van der Waals surface area (Å²) in [7, 11) is 1.73. The molecule has 0 radical (unpaired) electrons. The van der Waals surface area contributed by atoms with Crippen molar-refractivity contribution in [3.63, 3.8) is 0 Å². The van der Waals surface area contributed by atoms with Crippen LogP contribution >= 0.6 is 0 Å². The number of aryl methyl sites for hydroxylation is 1. The molecule has 0 amide bonds. The molecule has 2 aliphatic carbocycles. The summed E-state index contributed by atoms with van der Waals surface area (Å²) in [5.41, 5.74) is 3.06. The lowest BCUT2D eigenvalue weighted by Gasteiger charge is -2.46. The Hall–Kier alpha value is -1.02. The van der Waals surface area contributed by atoms with Crippen molar-refractivity contribution in [3.8, 4) is 5.75 Å². The molecule has 1 aromatic carbocycles. The van der Waals surface area contributed by atoms with E-state index in [4.69, 9.17) is 4.74 Å². The van der Waals surface area contributed by atoms with Crippen LogP contribution < -0.4 is 4.74 Å². The van der Waals surface area contributed by atoms with Gasteiger partial charge in [-0.1, -0.05) is 12.1 Å². The van der Waals surface area contributed by atoms with Gasteiger partial charge in [-0.05, 0) is 67.1 Å². The zero-order valence-corrected chi connectivity index (χ0v) is 11.3. The largest absolute Gasteiger partial charge is 0.496 e. The first-order valence-electron chi connectivity index (χ1n) is 6.95. The standard InChI is InChI=1S/C16H22O2/c1-11-7-13(3-4-15(11)18-2)16-6-5-14(16)8-12(9-16)10-17/h3-4,7,12,14,17H,5-6,8-10H2,1-2H3. The second-order valence-electron chi connectivity index (χ2n) is 6.06. The third kappa shape index (κ3) is 1.58. The normalized spacial score (nSPS) is 33.9. The minimum absolute atomic E-state index is 0.355. The van der Waals surface area contributed by atoms with E-state index in [0.29, 0.717) is 17.9 Å². The Balaban J connectivity index is 1.93. The second-order valence-corrected chi connectivity index (χ2v) is 6.06. The number of hydrogen-bond acceptors (Lipinski definition) is 2. The SMILES string of the molecule is COc1ccc(C23CCC2CC(CO)C3)cc1C. The van der Waals surface area contributed by atoms with Crippen LogP contribution in [0, 0.1) is 18.8 Å². The highest BCUT2D eigenvalue weighted by atomic mass is 16.5. The van der Waals surface area contributed by atoms with Crippen LogP contribution in [0.15, 0.2) is 18.2 Å². The van der Waals surface area contributed by atoms with Gasteiger partial charge in [-0.3, -0.25) is 0 Å². The molecule has 3 unspecified atom stereocenters. The summed E-state index contributed by atoms with van der Waals surface area (Å²) in [4.78, 5) is 0. The van der Waals surface area contributed by atoms with Crippen LogP contribution in [0.25, 0.3) is 0 Å². The Morgan fingerprint density at radius 3 is 2.83 bits per heavy atom. The summed E-state index contributed by atoms with van der Waals surface area (Å²) in [5, 5.41) is 9.41. The molecule has 0 aromatic heterocycles. The molecule has 98 valence electrons. The molecule has 2 fully saturated rings. The third-order valence-electron chi connectivity index (χ3n) is 5.22. The molecular formula is C16H22O2. The minimum atomic E-state index is 0.355. The molecule has 0 spiro atoms. The van der Waals surface area contributed by atoms with Crippen molar-refractivity contribution < 1.29 is 9.84 Å². The molecule has 3 rings (SSSR count). The lowest BCUT2D eigenvalue weighted by Crippen LogP contribution is -2.40. The molecule has 3 atom stereocenters. The van der Waals surface area contributed by atoms with Crippen molar-refractivity contribution in [1.29, 1.82) is 0 Å². The number of fused-ring (bicyclic) bond motifs is 1. The highest BCUT2D eigenvalue weighted by Crippen LogP contribution is 2.60. The number of aliphatic hydroxyl groups excluding tert-OH is 1. The van der Waals surface area contributed by atoms with Crippen LogP contribution in [0.1, 0.15) is 36.8 Å². The highest BCUT2D eigenvalue weighted by molar-refractivity contribution is 5.41. The lowest BCUT2D eigenvalue weighted by molar-refractivity contribution is 0.158. The molecule has 0 heterocycles. The monoisotopic (exact) mass is 246 g/mol. The average molecular weight is 246 g/mol. The van der Waals surface area contributed by atoms with Crippen LogP contribution in [-0.4, -0.2) is 18.8 Å². The Morgan fingerprint density at radius 1 is 1.44 bits per heavy atom. The van der Waals surface area contributed by atoms with Gasteiger partial charge >= 0.3 is 0 Å². The molecule has 2 saturated carbocycles. The maximum absolute atomic E-state index is 9.41. The molecular weight excluding hydrogens is 224 g/mol. The first kappa shape index (κ1) is 12.0. The molecule has 2 nitrogen and oxygen atoms in total. The van der Waals surface area contributed by atoms with Gasteiger partial charge in [-0.2, -0.15) is 0 Å². The minimum Gasteiger partial charge on any atom is -0.496 e. The predicted octanol–water partition coefficient (Wildman–Crippen LogP) is 3.05. The molecule has 18 heavy (non-hydrogen) atoms. The van der Waals surface area contributed by atoms with Gasteiger partial charge in [0.05, 0.1) is 7.11 Å². The first-order valence-corrected chi connectivity index (χ1v) is 6.95. The summed E-state index contributed by atoms with van der Waals surface area (Å²) in [6, 6.07) is 6.63. The maximum atomic E-state index is 9.41. The quantitative estimate of drug-likeness (QED) is 0.888. The zero-order valence-electron chi connectivity index (χ0n) is 11.3.